The van der Waals surface area contributed by atoms with Gasteiger partial charge in [-0.05, 0) is 37.8 Å². The van der Waals surface area contributed by atoms with Gasteiger partial charge in [-0.3, -0.25) is 14.2 Å². The lowest BCUT2D eigenvalue weighted by Gasteiger charge is -2.15. The van der Waals surface area contributed by atoms with Gasteiger partial charge in [0.05, 0.1) is 0 Å². The van der Waals surface area contributed by atoms with Crippen LogP contribution in [0, 0.1) is 0 Å². The number of aliphatic imine (C=N–C) groups is 1. The maximum Gasteiger partial charge on any atom is 0.268 e. The summed E-state index contributed by atoms with van der Waals surface area (Å²) in [6, 6.07) is 6.42. The van der Waals surface area contributed by atoms with Crippen molar-refractivity contribution in [3.8, 4) is 0 Å². The molecule has 2 heterocycles. The van der Waals surface area contributed by atoms with Crippen LogP contribution in [0.15, 0.2) is 34.2 Å². The third-order valence-corrected chi connectivity index (χ3v) is 5.20. The zero-order chi connectivity index (χ0) is 16.4. The van der Waals surface area contributed by atoms with Gasteiger partial charge in [0.15, 0.2) is 0 Å². The lowest BCUT2D eigenvalue weighted by atomic mass is 10.2. The van der Waals surface area contributed by atoms with Crippen LogP contribution in [0.4, 0.5) is 5.82 Å². The normalized spacial score (nSPS) is 19.7. The van der Waals surface area contributed by atoms with E-state index in [-0.39, 0.29) is 5.56 Å². The van der Waals surface area contributed by atoms with Crippen LogP contribution in [0.2, 0.25) is 0 Å². The Labute approximate surface area is 141 Å². The fourth-order valence-corrected chi connectivity index (χ4v) is 3.83. The molecule has 4 rings (SSSR count). The van der Waals surface area contributed by atoms with Crippen molar-refractivity contribution in [1.82, 2.24) is 9.38 Å². The monoisotopic (exact) mass is 324 g/mol. The number of rotatable bonds is 4. The molecule has 5 heteroatoms. The van der Waals surface area contributed by atoms with Crippen LogP contribution in [0.3, 0.4) is 0 Å². The van der Waals surface area contributed by atoms with E-state index < -0.39 is 0 Å². The first-order valence-corrected chi connectivity index (χ1v) is 9.12. The summed E-state index contributed by atoms with van der Waals surface area (Å²) in [5, 5.41) is 3.50. The van der Waals surface area contributed by atoms with Crippen LogP contribution in [0.25, 0.3) is 5.65 Å². The van der Waals surface area contributed by atoms with E-state index in [1.165, 1.54) is 25.7 Å². The largest absolute Gasteiger partial charge is 0.367 e. The Morgan fingerprint density at radius 1 is 1.12 bits per heavy atom. The molecule has 0 aromatic carbocycles. The van der Waals surface area contributed by atoms with Crippen LogP contribution in [-0.2, 0) is 0 Å². The highest BCUT2D eigenvalue weighted by molar-refractivity contribution is 5.86. The second kappa shape index (κ2) is 6.75. The highest BCUT2D eigenvalue weighted by atomic mass is 16.1. The van der Waals surface area contributed by atoms with E-state index >= 15 is 0 Å². The molecule has 2 saturated carbocycles. The first-order valence-electron chi connectivity index (χ1n) is 9.12. The van der Waals surface area contributed by atoms with Crippen molar-refractivity contribution >= 4 is 17.7 Å². The van der Waals surface area contributed by atoms with Crippen molar-refractivity contribution in [1.29, 1.82) is 0 Å². The number of pyridine rings is 1. The number of hydrogen-bond donors (Lipinski definition) is 1. The third kappa shape index (κ3) is 3.07. The summed E-state index contributed by atoms with van der Waals surface area (Å²) in [5.74, 6) is 0.694. The topological polar surface area (TPSA) is 58.8 Å². The maximum absolute atomic E-state index is 12.9. The van der Waals surface area contributed by atoms with Gasteiger partial charge in [-0.25, -0.2) is 4.98 Å². The van der Waals surface area contributed by atoms with E-state index in [2.05, 4.69) is 10.3 Å². The standard InChI is InChI=1S/C19H24N4O/c24-19-16(13-20-14-7-1-2-8-14)18(21-15-9-3-4-10-15)22-17-11-5-6-12-23(17)19/h5-6,11-15,21H,1-4,7-10H2/b20-13+. The maximum atomic E-state index is 12.9. The molecule has 24 heavy (non-hydrogen) atoms. The van der Waals surface area contributed by atoms with Crippen LogP contribution >= 0.6 is 0 Å². The Bertz CT molecular complexity index is 799. The SMILES string of the molecule is O=c1c(/C=N/C2CCCC2)c(NC2CCCC2)nc2ccccn12. The number of aromatic nitrogens is 2. The Hall–Kier alpha value is -2.17. The molecular formula is C19H24N4O. The molecule has 2 aliphatic carbocycles. The Morgan fingerprint density at radius 3 is 2.67 bits per heavy atom. The molecule has 0 spiro atoms. The molecule has 0 atom stereocenters. The Kier molecular flexibility index (Phi) is 4.32. The van der Waals surface area contributed by atoms with Crippen molar-refractivity contribution in [3.63, 3.8) is 0 Å². The fourth-order valence-electron chi connectivity index (χ4n) is 3.83. The molecule has 0 saturated heterocycles. The van der Waals surface area contributed by atoms with E-state index in [1.54, 1.807) is 16.8 Å². The molecule has 5 nitrogen and oxygen atoms in total. The molecule has 0 amide bonds. The molecule has 2 aromatic heterocycles. The van der Waals surface area contributed by atoms with Crippen molar-refractivity contribution in [2.75, 3.05) is 5.32 Å². The van der Waals surface area contributed by atoms with Crippen molar-refractivity contribution < 1.29 is 0 Å². The highest BCUT2D eigenvalue weighted by Gasteiger charge is 2.19. The van der Waals surface area contributed by atoms with Gasteiger partial charge in [0, 0.05) is 24.5 Å². The summed E-state index contributed by atoms with van der Waals surface area (Å²) >= 11 is 0. The summed E-state index contributed by atoms with van der Waals surface area (Å²) in [7, 11) is 0. The van der Waals surface area contributed by atoms with Crippen LogP contribution in [0.5, 0.6) is 0 Å². The van der Waals surface area contributed by atoms with Crippen LogP contribution < -0.4 is 10.9 Å². The minimum absolute atomic E-state index is 0.0390. The average molecular weight is 324 g/mol. The van der Waals surface area contributed by atoms with E-state index in [9.17, 15) is 4.79 Å². The molecule has 2 aromatic rings. The van der Waals surface area contributed by atoms with Crippen LogP contribution in [0.1, 0.15) is 56.9 Å². The quantitative estimate of drug-likeness (QED) is 0.877. The molecular weight excluding hydrogens is 300 g/mol. The zero-order valence-electron chi connectivity index (χ0n) is 13.9. The zero-order valence-corrected chi connectivity index (χ0v) is 13.9. The number of fused-ring (bicyclic) bond motifs is 1. The van der Waals surface area contributed by atoms with Gasteiger partial charge < -0.3 is 5.32 Å². The lowest BCUT2D eigenvalue weighted by molar-refractivity contribution is 0.709. The second-order valence-corrected chi connectivity index (χ2v) is 6.95. The van der Waals surface area contributed by atoms with E-state index in [0.29, 0.717) is 29.1 Å². The van der Waals surface area contributed by atoms with Crippen molar-refractivity contribution in [2.45, 2.75) is 63.5 Å². The van der Waals surface area contributed by atoms with Gasteiger partial charge in [0.25, 0.3) is 5.56 Å². The summed E-state index contributed by atoms with van der Waals surface area (Å²) in [5.41, 5.74) is 1.24. The molecule has 0 aliphatic heterocycles. The van der Waals surface area contributed by atoms with Gasteiger partial charge in [-0.15, -0.1) is 0 Å². The highest BCUT2D eigenvalue weighted by Crippen LogP contribution is 2.23. The molecule has 0 radical (unpaired) electrons. The molecule has 2 aliphatic rings. The summed E-state index contributed by atoms with van der Waals surface area (Å²) in [6.07, 6.45) is 13.1. The summed E-state index contributed by atoms with van der Waals surface area (Å²) in [6.45, 7) is 0. The minimum atomic E-state index is -0.0390. The fraction of sp³-hybridized carbons (Fsp3) is 0.526. The van der Waals surface area contributed by atoms with E-state index in [0.717, 1.165) is 25.7 Å². The summed E-state index contributed by atoms with van der Waals surface area (Å²) < 4.78 is 1.61. The van der Waals surface area contributed by atoms with Gasteiger partial charge in [0.2, 0.25) is 0 Å². The predicted octanol–water partition coefficient (Wildman–Crippen LogP) is 3.41. The van der Waals surface area contributed by atoms with E-state index in [1.807, 2.05) is 18.2 Å². The minimum Gasteiger partial charge on any atom is -0.367 e. The number of nitrogens with one attached hydrogen (secondary N) is 1. The Balaban J connectivity index is 1.74. The number of anilines is 1. The predicted molar refractivity (Wildman–Crippen MR) is 97.2 cm³/mol. The van der Waals surface area contributed by atoms with Crippen molar-refractivity contribution in [2.24, 2.45) is 4.99 Å². The van der Waals surface area contributed by atoms with Crippen molar-refractivity contribution in [3.05, 3.63) is 40.3 Å². The van der Waals surface area contributed by atoms with Crippen LogP contribution in [-0.4, -0.2) is 27.7 Å². The molecule has 1 N–H and O–H groups in total. The second-order valence-electron chi connectivity index (χ2n) is 6.95. The number of nitrogens with zero attached hydrogens (tertiary/aromatic N) is 3. The molecule has 0 bridgehead atoms. The van der Waals surface area contributed by atoms with Gasteiger partial charge in [-0.1, -0.05) is 31.7 Å². The first-order chi connectivity index (χ1) is 11.8. The first kappa shape index (κ1) is 15.4. The average Bonchev–Trinajstić information content (AvgIpc) is 3.28. The smallest absolute Gasteiger partial charge is 0.268 e. The molecule has 2 fully saturated rings. The molecule has 0 unspecified atom stereocenters. The van der Waals surface area contributed by atoms with E-state index in [4.69, 9.17) is 4.98 Å². The van der Waals surface area contributed by atoms with Gasteiger partial charge >= 0.3 is 0 Å². The molecule has 126 valence electrons. The van der Waals surface area contributed by atoms with Gasteiger partial charge in [0.1, 0.15) is 17.0 Å². The Morgan fingerprint density at radius 2 is 1.88 bits per heavy atom. The van der Waals surface area contributed by atoms with Gasteiger partial charge in [-0.2, -0.15) is 0 Å². The summed E-state index contributed by atoms with van der Waals surface area (Å²) in [4.78, 5) is 22.3. The number of hydrogen-bond acceptors (Lipinski definition) is 4. The lowest BCUT2D eigenvalue weighted by Crippen LogP contribution is -2.25. The third-order valence-electron chi connectivity index (χ3n) is 5.20.